The maximum Gasteiger partial charge on any atom is 0.262 e. The van der Waals surface area contributed by atoms with E-state index in [0.717, 1.165) is 4.31 Å². The van der Waals surface area contributed by atoms with Crippen molar-refractivity contribution in [2.45, 2.75) is 30.1 Å². The number of hydrogen-bond acceptors (Lipinski definition) is 6. The van der Waals surface area contributed by atoms with Crippen molar-refractivity contribution >= 4 is 25.7 Å². The summed E-state index contributed by atoms with van der Waals surface area (Å²) in [5.74, 6) is 0.856. The fourth-order valence-corrected chi connectivity index (χ4v) is 4.95. The summed E-state index contributed by atoms with van der Waals surface area (Å²) in [6.45, 7) is 4.40. The maximum absolute atomic E-state index is 13.0. The number of aryl methyl sites for hydroxylation is 1. The molecule has 0 fully saturated rings. The Morgan fingerprint density at radius 1 is 0.897 bits per heavy atom. The molecule has 1 aliphatic heterocycles. The molecule has 0 amide bonds. The predicted octanol–water partition coefficient (Wildman–Crippen LogP) is 2.52. The smallest absolute Gasteiger partial charge is 0.262 e. The third-order valence-corrected chi connectivity index (χ3v) is 7.85. The van der Waals surface area contributed by atoms with E-state index in [1.807, 2.05) is 0 Å². The Morgan fingerprint density at radius 2 is 1.55 bits per heavy atom. The second-order valence-corrected chi connectivity index (χ2v) is 10.8. The molecule has 3 rings (SSSR count). The lowest BCUT2D eigenvalue weighted by atomic mass is 10.1. The monoisotopic (exact) mass is 440 g/mol. The Morgan fingerprint density at radius 3 is 2.21 bits per heavy atom. The molecule has 0 spiro atoms. The van der Waals surface area contributed by atoms with Crippen LogP contribution in [0, 0.1) is 13.8 Å². The first-order chi connectivity index (χ1) is 13.5. The highest BCUT2D eigenvalue weighted by Gasteiger charge is 2.23. The number of nitrogens with zero attached hydrogens (tertiary/aromatic N) is 1. The molecule has 0 unspecified atom stereocenters. The number of fused-ring (bicyclic) bond motifs is 1. The lowest BCUT2D eigenvalue weighted by Gasteiger charge is -2.17. The second-order valence-electron chi connectivity index (χ2n) is 6.96. The fourth-order valence-electron chi connectivity index (χ4n) is 2.81. The average molecular weight is 441 g/mol. The van der Waals surface area contributed by atoms with Gasteiger partial charge in [0.15, 0.2) is 11.5 Å². The number of nitrogens with one attached hydrogen (secondary N) is 1. The van der Waals surface area contributed by atoms with Crippen LogP contribution in [0.25, 0.3) is 0 Å². The molecule has 10 heteroatoms. The van der Waals surface area contributed by atoms with Crippen LogP contribution in [0.2, 0.25) is 0 Å². The largest absolute Gasteiger partial charge is 0.490 e. The standard InChI is InChI=1S/C19H24N2O6S2/c1-13-10-16(29(24,25)21(3)4)11-17(14(13)2)20-28(22,23)15-6-7-18-19(12-15)27-9-5-8-26-18/h6-7,10-12,20H,5,8-9H2,1-4H3. The Balaban J connectivity index is 2.01. The first-order valence-corrected chi connectivity index (χ1v) is 11.9. The minimum atomic E-state index is -3.97. The third-order valence-electron chi connectivity index (χ3n) is 4.69. The number of rotatable bonds is 5. The van der Waals surface area contributed by atoms with Crippen molar-refractivity contribution in [2.24, 2.45) is 0 Å². The lowest BCUT2D eigenvalue weighted by Crippen LogP contribution is -2.23. The van der Waals surface area contributed by atoms with Gasteiger partial charge in [-0.15, -0.1) is 0 Å². The van der Waals surface area contributed by atoms with Crippen LogP contribution in [0.5, 0.6) is 11.5 Å². The van der Waals surface area contributed by atoms with Gasteiger partial charge in [-0.1, -0.05) is 0 Å². The Hall–Kier alpha value is -2.30. The highest BCUT2D eigenvalue weighted by molar-refractivity contribution is 7.92. The van der Waals surface area contributed by atoms with Gasteiger partial charge in [0.05, 0.1) is 28.7 Å². The topological polar surface area (TPSA) is 102 Å². The Bertz CT molecular complexity index is 1140. The molecule has 0 aliphatic carbocycles. The summed E-state index contributed by atoms with van der Waals surface area (Å²) in [5.41, 5.74) is 1.50. The molecule has 2 aromatic carbocycles. The van der Waals surface area contributed by atoms with Gasteiger partial charge in [-0.3, -0.25) is 4.72 Å². The fraction of sp³-hybridized carbons (Fsp3) is 0.368. The van der Waals surface area contributed by atoms with E-state index in [-0.39, 0.29) is 15.5 Å². The first kappa shape index (κ1) is 21.4. The van der Waals surface area contributed by atoms with Crippen molar-refractivity contribution < 1.29 is 26.3 Å². The maximum atomic E-state index is 13.0. The normalized spacial score (nSPS) is 14.5. The number of benzene rings is 2. The van der Waals surface area contributed by atoms with Crippen molar-refractivity contribution in [3.8, 4) is 11.5 Å². The van der Waals surface area contributed by atoms with Crippen molar-refractivity contribution in [1.82, 2.24) is 4.31 Å². The molecule has 1 aliphatic rings. The van der Waals surface area contributed by atoms with Crippen LogP contribution in [0.3, 0.4) is 0 Å². The van der Waals surface area contributed by atoms with Crippen molar-refractivity contribution in [2.75, 3.05) is 32.0 Å². The molecule has 158 valence electrons. The highest BCUT2D eigenvalue weighted by atomic mass is 32.2. The SMILES string of the molecule is Cc1cc(S(=O)(=O)N(C)C)cc(NS(=O)(=O)c2ccc3c(c2)OCCCO3)c1C. The molecule has 2 aromatic rings. The Kier molecular flexibility index (Phi) is 5.79. The molecule has 29 heavy (non-hydrogen) atoms. The van der Waals surface area contributed by atoms with E-state index >= 15 is 0 Å². The van der Waals surface area contributed by atoms with E-state index in [4.69, 9.17) is 9.47 Å². The van der Waals surface area contributed by atoms with Gasteiger partial charge in [-0.25, -0.2) is 21.1 Å². The van der Waals surface area contributed by atoms with Crippen LogP contribution in [0.15, 0.2) is 40.1 Å². The summed E-state index contributed by atoms with van der Waals surface area (Å²) in [6, 6.07) is 7.25. The molecule has 0 aromatic heterocycles. The molecule has 0 bridgehead atoms. The zero-order chi connectivity index (χ0) is 21.4. The van der Waals surface area contributed by atoms with Crippen molar-refractivity contribution in [3.63, 3.8) is 0 Å². The molecule has 1 N–H and O–H groups in total. The van der Waals surface area contributed by atoms with Gasteiger partial charge in [-0.05, 0) is 49.2 Å². The summed E-state index contributed by atoms with van der Waals surface area (Å²) in [7, 11) is -4.84. The van der Waals surface area contributed by atoms with E-state index in [9.17, 15) is 16.8 Å². The van der Waals surface area contributed by atoms with Gasteiger partial charge in [0.25, 0.3) is 10.0 Å². The average Bonchev–Trinajstić information content (AvgIpc) is 2.89. The van der Waals surface area contributed by atoms with Crippen LogP contribution in [-0.4, -0.2) is 48.4 Å². The number of hydrogen-bond donors (Lipinski definition) is 1. The summed E-state index contributed by atoms with van der Waals surface area (Å²) < 4.78 is 65.6. The van der Waals surface area contributed by atoms with Gasteiger partial charge >= 0.3 is 0 Å². The predicted molar refractivity (Wildman–Crippen MR) is 110 cm³/mol. The summed E-state index contributed by atoms with van der Waals surface area (Å²) in [5, 5.41) is 0. The second kappa shape index (κ2) is 7.85. The zero-order valence-electron chi connectivity index (χ0n) is 16.7. The molecule has 0 saturated carbocycles. The quantitative estimate of drug-likeness (QED) is 0.767. The van der Waals surface area contributed by atoms with Crippen LogP contribution in [0.1, 0.15) is 17.5 Å². The molecule has 0 atom stereocenters. The number of ether oxygens (including phenoxy) is 2. The van der Waals surface area contributed by atoms with E-state index in [2.05, 4.69) is 4.72 Å². The van der Waals surface area contributed by atoms with E-state index in [0.29, 0.717) is 42.3 Å². The summed E-state index contributed by atoms with van der Waals surface area (Å²) in [4.78, 5) is 0.0154. The third kappa shape index (κ3) is 4.34. The van der Waals surface area contributed by atoms with Gasteiger partial charge in [-0.2, -0.15) is 0 Å². The number of sulfonamides is 2. The molecule has 0 saturated heterocycles. The first-order valence-electron chi connectivity index (χ1n) is 8.98. The molecular formula is C19H24N2O6S2. The van der Waals surface area contributed by atoms with Crippen LogP contribution in [-0.2, 0) is 20.0 Å². The highest BCUT2D eigenvalue weighted by Crippen LogP contribution is 2.33. The van der Waals surface area contributed by atoms with E-state index in [1.54, 1.807) is 19.9 Å². The molecule has 1 heterocycles. The van der Waals surface area contributed by atoms with Gasteiger partial charge in [0.1, 0.15) is 0 Å². The van der Waals surface area contributed by atoms with Gasteiger partial charge in [0, 0.05) is 26.6 Å². The van der Waals surface area contributed by atoms with Crippen molar-refractivity contribution in [3.05, 3.63) is 41.5 Å². The molecule has 0 radical (unpaired) electrons. The lowest BCUT2D eigenvalue weighted by molar-refractivity contribution is 0.297. The van der Waals surface area contributed by atoms with E-state index in [1.165, 1.54) is 38.4 Å². The number of anilines is 1. The van der Waals surface area contributed by atoms with Crippen molar-refractivity contribution in [1.29, 1.82) is 0 Å². The summed E-state index contributed by atoms with van der Waals surface area (Å²) >= 11 is 0. The molecular weight excluding hydrogens is 416 g/mol. The van der Waals surface area contributed by atoms with Gasteiger partial charge < -0.3 is 9.47 Å². The minimum Gasteiger partial charge on any atom is -0.490 e. The molecule has 8 nitrogen and oxygen atoms in total. The minimum absolute atomic E-state index is 0.000303. The van der Waals surface area contributed by atoms with Crippen LogP contribution in [0.4, 0.5) is 5.69 Å². The summed E-state index contributed by atoms with van der Waals surface area (Å²) in [6.07, 6.45) is 0.709. The van der Waals surface area contributed by atoms with Crippen LogP contribution < -0.4 is 14.2 Å². The van der Waals surface area contributed by atoms with Crippen LogP contribution >= 0.6 is 0 Å². The zero-order valence-corrected chi connectivity index (χ0v) is 18.4. The van der Waals surface area contributed by atoms with Gasteiger partial charge in [0.2, 0.25) is 10.0 Å². The Labute approximate surface area is 171 Å². The van der Waals surface area contributed by atoms with E-state index < -0.39 is 20.0 Å².